The second-order valence-electron chi connectivity index (χ2n) is 7.29. The second kappa shape index (κ2) is 8.03. The number of aromatic nitrogens is 2. The highest BCUT2D eigenvalue weighted by Crippen LogP contribution is 2.26. The summed E-state index contributed by atoms with van der Waals surface area (Å²) in [7, 11) is 0. The Bertz CT molecular complexity index is 1490. The van der Waals surface area contributed by atoms with Crippen LogP contribution in [-0.4, -0.2) is 32.7 Å². The first-order valence-corrected chi connectivity index (χ1v) is 10.2. The van der Waals surface area contributed by atoms with Gasteiger partial charge in [0.2, 0.25) is 0 Å². The van der Waals surface area contributed by atoms with E-state index in [1.54, 1.807) is 24.3 Å². The van der Waals surface area contributed by atoms with Gasteiger partial charge >= 0.3 is 5.97 Å². The van der Waals surface area contributed by atoms with Crippen LogP contribution in [0.2, 0.25) is 5.02 Å². The van der Waals surface area contributed by atoms with Gasteiger partial charge in [-0.25, -0.2) is 9.78 Å². The third-order valence-electron chi connectivity index (χ3n) is 5.16. The summed E-state index contributed by atoms with van der Waals surface area (Å²) in [6.07, 6.45) is 1.45. The number of halogens is 1. The maximum Gasteiger partial charge on any atom is 0.338 e. The lowest BCUT2D eigenvalue weighted by atomic mass is 10.1. The van der Waals surface area contributed by atoms with E-state index in [-0.39, 0.29) is 41.2 Å². The third-order valence-corrected chi connectivity index (χ3v) is 5.39. The van der Waals surface area contributed by atoms with E-state index in [0.29, 0.717) is 21.7 Å². The number of nitrogens with one attached hydrogen (secondary N) is 1. The van der Waals surface area contributed by atoms with Gasteiger partial charge in [-0.05, 0) is 48.5 Å². The molecule has 0 aliphatic carbocycles. The lowest BCUT2D eigenvalue weighted by Gasteiger charge is -2.11. The number of hydrogen-bond acceptors (Lipinski definition) is 7. The minimum Gasteiger partial charge on any atom is -0.467 e. The van der Waals surface area contributed by atoms with Crippen molar-refractivity contribution in [1.29, 1.82) is 0 Å². The maximum absolute atomic E-state index is 12.7. The number of nitrogens with zero attached hydrogens (tertiary/aromatic N) is 2. The van der Waals surface area contributed by atoms with Crippen LogP contribution in [0.3, 0.4) is 0 Å². The Morgan fingerprint density at radius 1 is 1.06 bits per heavy atom. The highest BCUT2D eigenvalue weighted by molar-refractivity contribution is 6.31. The fourth-order valence-electron chi connectivity index (χ4n) is 3.57. The number of hydrogen-bond donors (Lipinski definition) is 1. The number of amides is 2. The summed E-state index contributed by atoms with van der Waals surface area (Å²) >= 11 is 5.95. The van der Waals surface area contributed by atoms with Gasteiger partial charge < -0.3 is 14.1 Å². The molecule has 9 nitrogen and oxygen atoms in total. The number of imide groups is 1. The minimum absolute atomic E-state index is 0.00978. The predicted octanol–water partition coefficient (Wildman–Crippen LogP) is 3.32. The zero-order valence-corrected chi connectivity index (χ0v) is 17.6. The van der Waals surface area contributed by atoms with Gasteiger partial charge in [-0.1, -0.05) is 11.6 Å². The Kier molecular flexibility index (Phi) is 5.02. The summed E-state index contributed by atoms with van der Waals surface area (Å²) in [5.41, 5.74) is 0.367. The summed E-state index contributed by atoms with van der Waals surface area (Å²) in [6, 6.07) is 12.1. The van der Waals surface area contributed by atoms with E-state index in [0.717, 1.165) is 4.90 Å². The quantitative estimate of drug-likeness (QED) is 0.355. The van der Waals surface area contributed by atoms with E-state index >= 15 is 0 Å². The summed E-state index contributed by atoms with van der Waals surface area (Å²) in [5, 5.41) is 0.775. The van der Waals surface area contributed by atoms with E-state index in [1.807, 2.05) is 0 Å². The molecule has 164 valence electrons. The number of aromatic amines is 1. The Labute approximate surface area is 190 Å². The molecule has 4 aromatic rings. The van der Waals surface area contributed by atoms with Crippen LogP contribution in [0.25, 0.3) is 10.9 Å². The Morgan fingerprint density at radius 3 is 2.67 bits per heavy atom. The number of H-pyrrole nitrogens is 1. The van der Waals surface area contributed by atoms with Gasteiger partial charge in [0.15, 0.2) is 0 Å². The van der Waals surface area contributed by atoms with Gasteiger partial charge in [0.1, 0.15) is 18.2 Å². The Morgan fingerprint density at radius 2 is 1.88 bits per heavy atom. The summed E-state index contributed by atoms with van der Waals surface area (Å²) in [6.45, 7) is -0.310. The number of benzene rings is 2. The number of ether oxygens (including phenoxy) is 1. The van der Waals surface area contributed by atoms with Crippen LogP contribution >= 0.6 is 11.6 Å². The van der Waals surface area contributed by atoms with Crippen molar-refractivity contribution in [2.75, 3.05) is 0 Å². The van der Waals surface area contributed by atoms with Crippen LogP contribution in [0.15, 0.2) is 64.0 Å². The van der Waals surface area contributed by atoms with Crippen LogP contribution in [0.1, 0.15) is 42.7 Å². The maximum atomic E-state index is 12.7. The molecule has 10 heteroatoms. The average molecular weight is 464 g/mol. The molecular weight excluding hydrogens is 450 g/mol. The Hall–Kier alpha value is -4.24. The van der Waals surface area contributed by atoms with Crippen LogP contribution in [-0.2, 0) is 17.9 Å². The summed E-state index contributed by atoms with van der Waals surface area (Å²) in [5.74, 6) is -1.14. The van der Waals surface area contributed by atoms with Crippen molar-refractivity contribution in [3.05, 3.63) is 98.4 Å². The highest BCUT2D eigenvalue weighted by atomic mass is 35.5. The molecular formula is C23H14ClN3O6. The molecule has 5 rings (SSSR count). The molecule has 0 spiro atoms. The number of rotatable bonds is 5. The van der Waals surface area contributed by atoms with Crippen molar-refractivity contribution in [3.8, 4) is 0 Å². The molecule has 1 N–H and O–H groups in total. The topological polar surface area (TPSA) is 123 Å². The van der Waals surface area contributed by atoms with Crippen LogP contribution in [0.5, 0.6) is 0 Å². The van der Waals surface area contributed by atoms with Gasteiger partial charge in [0.05, 0.1) is 40.4 Å². The molecule has 1 aliphatic heterocycles. The van der Waals surface area contributed by atoms with Gasteiger partial charge in [-0.3, -0.25) is 19.3 Å². The molecule has 0 fully saturated rings. The smallest absolute Gasteiger partial charge is 0.338 e. The van der Waals surface area contributed by atoms with E-state index in [9.17, 15) is 19.2 Å². The Balaban J connectivity index is 1.33. The number of fused-ring (bicyclic) bond motifs is 2. The molecule has 3 heterocycles. The van der Waals surface area contributed by atoms with Crippen molar-refractivity contribution in [2.24, 2.45) is 0 Å². The zero-order chi connectivity index (χ0) is 23.1. The van der Waals surface area contributed by atoms with Crippen LogP contribution < -0.4 is 5.56 Å². The van der Waals surface area contributed by atoms with Crippen LogP contribution in [0.4, 0.5) is 0 Å². The largest absolute Gasteiger partial charge is 0.467 e. The number of carbonyl (C=O) groups excluding carboxylic acids is 3. The standard InChI is InChI=1S/C23H14ClN3O6/c24-13-4-6-16-18(9-13)25-19(26-20(16)28)11-33-23(31)12-3-5-15-17(8-12)22(30)27(21(15)29)10-14-2-1-7-32-14/h1-9H,10-11H2,(H,25,26,28). The molecule has 2 aromatic carbocycles. The molecule has 0 saturated heterocycles. The fourth-order valence-corrected chi connectivity index (χ4v) is 3.73. The first kappa shape index (κ1) is 20.7. The van der Waals surface area contributed by atoms with Gasteiger partial charge in [0.25, 0.3) is 17.4 Å². The average Bonchev–Trinajstić information content (AvgIpc) is 3.40. The molecule has 2 amide bonds. The SMILES string of the molecule is O=C(OCc1nc2cc(Cl)ccc2c(=O)[nH]1)c1ccc2c(c1)C(=O)N(Cc1ccco1)C2=O. The lowest BCUT2D eigenvalue weighted by molar-refractivity contribution is 0.0462. The summed E-state index contributed by atoms with van der Waals surface area (Å²) < 4.78 is 10.5. The monoisotopic (exact) mass is 463 g/mol. The van der Waals surface area contributed by atoms with Crippen molar-refractivity contribution < 1.29 is 23.5 Å². The van der Waals surface area contributed by atoms with Crippen molar-refractivity contribution >= 4 is 40.3 Å². The van der Waals surface area contributed by atoms with E-state index < -0.39 is 17.8 Å². The van der Waals surface area contributed by atoms with Gasteiger partial charge in [0, 0.05) is 5.02 Å². The van der Waals surface area contributed by atoms with E-state index in [4.69, 9.17) is 20.8 Å². The fraction of sp³-hybridized carbons (Fsp3) is 0.0870. The van der Waals surface area contributed by atoms with Crippen LogP contribution in [0, 0.1) is 0 Å². The molecule has 0 atom stereocenters. The van der Waals surface area contributed by atoms with Crippen molar-refractivity contribution in [1.82, 2.24) is 14.9 Å². The molecule has 1 aliphatic rings. The van der Waals surface area contributed by atoms with E-state index in [1.165, 1.54) is 30.5 Å². The van der Waals surface area contributed by atoms with E-state index in [2.05, 4.69) is 9.97 Å². The first-order valence-electron chi connectivity index (χ1n) is 9.79. The molecule has 0 unspecified atom stereocenters. The lowest BCUT2D eigenvalue weighted by Crippen LogP contribution is -2.28. The number of esters is 1. The van der Waals surface area contributed by atoms with Gasteiger partial charge in [-0.15, -0.1) is 0 Å². The molecule has 0 saturated carbocycles. The normalized spacial score (nSPS) is 12.9. The first-order chi connectivity index (χ1) is 15.9. The minimum atomic E-state index is -0.739. The summed E-state index contributed by atoms with van der Waals surface area (Å²) in [4.78, 5) is 57.9. The van der Waals surface area contributed by atoms with Gasteiger partial charge in [-0.2, -0.15) is 0 Å². The molecule has 0 radical (unpaired) electrons. The number of furan rings is 1. The molecule has 33 heavy (non-hydrogen) atoms. The number of carbonyl (C=O) groups is 3. The third kappa shape index (κ3) is 3.79. The molecule has 2 aromatic heterocycles. The zero-order valence-electron chi connectivity index (χ0n) is 16.8. The predicted molar refractivity (Wildman–Crippen MR) is 116 cm³/mol. The molecule has 0 bridgehead atoms. The van der Waals surface area contributed by atoms with Crippen molar-refractivity contribution in [3.63, 3.8) is 0 Å². The van der Waals surface area contributed by atoms with Crippen molar-refractivity contribution in [2.45, 2.75) is 13.2 Å². The highest BCUT2D eigenvalue weighted by Gasteiger charge is 2.36. The second-order valence-corrected chi connectivity index (χ2v) is 7.72.